The molecule has 4 aliphatic rings. The molecule has 11 heteroatoms. The van der Waals surface area contributed by atoms with E-state index in [1.54, 1.807) is 18.7 Å². The van der Waals surface area contributed by atoms with E-state index in [-0.39, 0.29) is 41.5 Å². The fourth-order valence-electron chi connectivity index (χ4n) is 7.36. The number of likely N-dealkylation sites (tertiary alicyclic amines) is 2. The quantitative estimate of drug-likeness (QED) is 0.483. The number of hydrogen-bond donors (Lipinski definition) is 2. The first-order chi connectivity index (χ1) is 20.7. The second-order valence-corrected chi connectivity index (χ2v) is 15.9. The number of rotatable bonds is 7. The maximum Gasteiger partial charge on any atom is 0.265 e. The summed E-state index contributed by atoms with van der Waals surface area (Å²) in [5.74, 6) is -0.471. The normalized spacial score (nSPS) is 25.1. The second kappa shape index (κ2) is 11.2. The zero-order valence-electron chi connectivity index (χ0n) is 26.7. The summed E-state index contributed by atoms with van der Waals surface area (Å²) in [6.07, 6.45) is 2.65. The van der Waals surface area contributed by atoms with Gasteiger partial charge in [0.05, 0.1) is 34.0 Å². The highest BCUT2D eigenvalue weighted by molar-refractivity contribution is 7.13. The molecule has 1 spiro atoms. The van der Waals surface area contributed by atoms with Gasteiger partial charge >= 0.3 is 0 Å². The largest absolute Gasteiger partial charge is 0.388 e. The number of amides is 3. The Balaban J connectivity index is 1.25. The van der Waals surface area contributed by atoms with Crippen LogP contribution in [-0.4, -0.2) is 87.6 Å². The van der Waals surface area contributed by atoms with Crippen LogP contribution in [0.4, 0.5) is 0 Å². The summed E-state index contributed by atoms with van der Waals surface area (Å²) in [6.45, 7) is 14.2. The van der Waals surface area contributed by atoms with Gasteiger partial charge in [0.15, 0.2) is 0 Å². The van der Waals surface area contributed by atoms with Gasteiger partial charge in [-0.1, -0.05) is 19.9 Å². The van der Waals surface area contributed by atoms with Crippen molar-refractivity contribution in [1.82, 2.24) is 25.1 Å². The summed E-state index contributed by atoms with van der Waals surface area (Å²) >= 11 is 1.37. The Labute approximate surface area is 263 Å². The number of aromatic nitrogens is 2. The van der Waals surface area contributed by atoms with Gasteiger partial charge in [-0.2, -0.15) is 0 Å². The lowest BCUT2D eigenvalue weighted by molar-refractivity contribution is -0.152. The van der Waals surface area contributed by atoms with Crippen LogP contribution in [0.15, 0.2) is 18.2 Å². The lowest BCUT2D eigenvalue weighted by Gasteiger charge is -2.50. The van der Waals surface area contributed by atoms with Crippen LogP contribution in [0.3, 0.4) is 0 Å². The van der Waals surface area contributed by atoms with Crippen LogP contribution >= 0.6 is 11.3 Å². The second-order valence-electron chi connectivity index (χ2n) is 14.7. The van der Waals surface area contributed by atoms with Crippen LogP contribution in [0.5, 0.6) is 0 Å². The van der Waals surface area contributed by atoms with E-state index in [0.29, 0.717) is 49.1 Å². The number of aliphatic hydroxyl groups is 1. The number of thiazole rings is 1. The zero-order chi connectivity index (χ0) is 31.6. The van der Waals surface area contributed by atoms with Gasteiger partial charge in [-0.3, -0.25) is 19.4 Å². The van der Waals surface area contributed by atoms with Gasteiger partial charge in [0.1, 0.15) is 4.88 Å². The van der Waals surface area contributed by atoms with Crippen molar-refractivity contribution < 1.29 is 24.2 Å². The van der Waals surface area contributed by atoms with Crippen molar-refractivity contribution in [2.45, 2.75) is 78.4 Å². The minimum absolute atomic E-state index is 0.0158. The molecule has 10 nitrogen and oxygen atoms in total. The first-order valence-corrected chi connectivity index (χ1v) is 16.6. The number of carbonyl (C=O) groups excluding carboxylic acids is 3. The maximum absolute atomic E-state index is 14.3. The van der Waals surface area contributed by atoms with E-state index in [1.165, 1.54) is 11.3 Å². The molecule has 2 aromatic rings. The molecule has 6 rings (SSSR count). The molecule has 1 saturated carbocycles. The van der Waals surface area contributed by atoms with Crippen LogP contribution in [0.25, 0.3) is 0 Å². The lowest BCUT2D eigenvalue weighted by atomic mass is 9.70. The minimum Gasteiger partial charge on any atom is -0.388 e. The fraction of sp³-hybridized carbons (Fsp3) is 0.667. The highest BCUT2D eigenvalue weighted by Crippen LogP contribution is 2.55. The van der Waals surface area contributed by atoms with Crippen molar-refractivity contribution >= 4 is 29.1 Å². The standard InChI is InChI=1S/C33H45N5O5S/c1-19-26(44-20(2)34-19)30(41)37-15-23(33(16-37)17-38(18-33)29(40)22-14-31(22,3)4)28(39)36-27(32(5,6)42)25-9-7-8-24(35-25)21-10-12-43-13-11-21/h7-9,21-23,27,42H,10-18H2,1-6H3,(H,36,39)/t22-,23+,27?/m1/s1. The first kappa shape index (κ1) is 31.1. The summed E-state index contributed by atoms with van der Waals surface area (Å²) in [6, 6.07) is 5.03. The molecule has 2 aromatic heterocycles. The highest BCUT2D eigenvalue weighted by Gasteiger charge is 2.62. The zero-order valence-corrected chi connectivity index (χ0v) is 27.5. The molecule has 0 bridgehead atoms. The number of nitrogens with one attached hydrogen (secondary N) is 1. The van der Waals surface area contributed by atoms with Gasteiger partial charge in [0, 0.05) is 62.3 Å². The minimum atomic E-state index is -1.30. The predicted molar refractivity (Wildman–Crippen MR) is 166 cm³/mol. The Morgan fingerprint density at radius 3 is 2.32 bits per heavy atom. The molecule has 2 N–H and O–H groups in total. The number of carbonyl (C=O) groups is 3. The molecule has 5 heterocycles. The Morgan fingerprint density at radius 2 is 1.73 bits per heavy atom. The summed E-state index contributed by atoms with van der Waals surface area (Å²) in [4.78, 5) is 54.8. The van der Waals surface area contributed by atoms with Crippen LogP contribution < -0.4 is 5.32 Å². The van der Waals surface area contributed by atoms with Crippen LogP contribution in [0.2, 0.25) is 0 Å². The maximum atomic E-state index is 14.3. The van der Waals surface area contributed by atoms with Gasteiger partial charge in [0.2, 0.25) is 11.8 Å². The SMILES string of the molecule is Cc1nc(C)c(C(=O)N2C[C@@H](C(=O)NC(c3cccc(C4CCOCC4)n3)C(C)(C)O)C3(C2)CN(C(=O)[C@H]2CC2(C)C)C3)s1. The number of nitrogens with zero attached hydrogens (tertiary/aromatic N) is 4. The van der Waals surface area contributed by atoms with Crippen molar-refractivity contribution in [3.63, 3.8) is 0 Å². The smallest absolute Gasteiger partial charge is 0.265 e. The summed E-state index contributed by atoms with van der Waals surface area (Å²) in [7, 11) is 0. The molecule has 3 saturated heterocycles. The molecule has 44 heavy (non-hydrogen) atoms. The van der Waals surface area contributed by atoms with Gasteiger partial charge in [-0.05, 0) is 64.5 Å². The fourth-order valence-corrected chi connectivity index (χ4v) is 8.25. The molecule has 3 atom stereocenters. The summed E-state index contributed by atoms with van der Waals surface area (Å²) in [5, 5.41) is 15.3. The molecule has 0 aromatic carbocycles. The average Bonchev–Trinajstić information content (AvgIpc) is 3.25. The molecule has 3 amide bonds. The Hall–Kier alpha value is -2.89. The summed E-state index contributed by atoms with van der Waals surface area (Å²) < 4.78 is 5.53. The number of pyridine rings is 1. The molecule has 1 unspecified atom stereocenters. The Morgan fingerprint density at radius 1 is 1.07 bits per heavy atom. The van der Waals surface area contributed by atoms with E-state index in [1.807, 2.05) is 36.9 Å². The van der Waals surface area contributed by atoms with Crippen LogP contribution in [0, 0.1) is 36.5 Å². The van der Waals surface area contributed by atoms with E-state index >= 15 is 0 Å². The molecule has 3 aliphatic heterocycles. The van der Waals surface area contributed by atoms with E-state index in [0.717, 1.165) is 30.0 Å². The first-order valence-electron chi connectivity index (χ1n) is 15.8. The third-order valence-corrected chi connectivity index (χ3v) is 11.3. The van der Waals surface area contributed by atoms with Crippen molar-refractivity contribution in [3.8, 4) is 0 Å². The third kappa shape index (κ3) is 5.78. The topological polar surface area (TPSA) is 125 Å². The van der Waals surface area contributed by atoms with Crippen molar-refractivity contribution in [3.05, 3.63) is 45.2 Å². The number of hydrogen-bond acceptors (Lipinski definition) is 8. The van der Waals surface area contributed by atoms with Gasteiger partial charge in [-0.15, -0.1) is 11.3 Å². The Bertz CT molecular complexity index is 1450. The molecule has 4 fully saturated rings. The van der Waals surface area contributed by atoms with E-state index in [2.05, 4.69) is 24.1 Å². The Kier molecular flexibility index (Phi) is 7.90. The van der Waals surface area contributed by atoms with E-state index in [4.69, 9.17) is 9.72 Å². The highest BCUT2D eigenvalue weighted by atomic mass is 32.1. The van der Waals surface area contributed by atoms with E-state index in [9.17, 15) is 19.5 Å². The van der Waals surface area contributed by atoms with Gasteiger partial charge < -0.3 is 25.0 Å². The number of ether oxygens (including phenoxy) is 1. The average molecular weight is 624 g/mol. The number of aryl methyl sites for hydroxylation is 2. The third-order valence-electron chi connectivity index (χ3n) is 10.2. The predicted octanol–water partition coefficient (Wildman–Crippen LogP) is 3.62. The van der Waals surface area contributed by atoms with Gasteiger partial charge in [-0.25, -0.2) is 4.98 Å². The molecular formula is C33H45N5O5S. The molecular weight excluding hydrogens is 578 g/mol. The van der Waals surface area contributed by atoms with E-state index < -0.39 is 23.0 Å². The van der Waals surface area contributed by atoms with Crippen molar-refractivity contribution in [2.75, 3.05) is 39.4 Å². The molecule has 1 aliphatic carbocycles. The van der Waals surface area contributed by atoms with Crippen LogP contribution in [0.1, 0.15) is 90.7 Å². The van der Waals surface area contributed by atoms with Crippen LogP contribution in [-0.2, 0) is 14.3 Å². The molecule has 0 radical (unpaired) electrons. The monoisotopic (exact) mass is 623 g/mol. The molecule has 238 valence electrons. The summed E-state index contributed by atoms with van der Waals surface area (Å²) in [5.41, 5.74) is 0.403. The van der Waals surface area contributed by atoms with Crippen molar-refractivity contribution in [1.29, 1.82) is 0 Å². The van der Waals surface area contributed by atoms with Gasteiger partial charge in [0.25, 0.3) is 5.91 Å². The lowest BCUT2D eigenvalue weighted by Crippen LogP contribution is -2.64. The van der Waals surface area contributed by atoms with Crippen molar-refractivity contribution in [2.24, 2.45) is 22.7 Å².